The quantitative estimate of drug-likeness (QED) is 0.440. The lowest BCUT2D eigenvalue weighted by Crippen LogP contribution is -2.27. The Kier molecular flexibility index (Phi) is 4.69. The van der Waals surface area contributed by atoms with E-state index in [4.69, 9.17) is 0 Å². The van der Waals surface area contributed by atoms with Crippen LogP contribution in [0.3, 0.4) is 0 Å². The molecule has 1 fully saturated rings. The summed E-state index contributed by atoms with van der Waals surface area (Å²) in [5.41, 5.74) is 4.15. The van der Waals surface area contributed by atoms with Gasteiger partial charge in [0.2, 0.25) is 0 Å². The second-order valence-electron chi connectivity index (χ2n) is 6.74. The molecule has 0 radical (unpaired) electrons. The van der Waals surface area contributed by atoms with Gasteiger partial charge in [-0.25, -0.2) is 0 Å². The molecule has 3 aromatic rings. The van der Waals surface area contributed by atoms with Crippen LogP contribution >= 0.6 is 11.8 Å². The van der Waals surface area contributed by atoms with Gasteiger partial charge in [0.1, 0.15) is 0 Å². The van der Waals surface area contributed by atoms with Crippen LogP contribution < -0.4 is 0 Å². The van der Waals surface area contributed by atoms with E-state index in [9.17, 15) is 9.59 Å². The highest BCUT2D eigenvalue weighted by Crippen LogP contribution is 2.34. The molecular formula is C23H20N2O2S. The largest absolute Gasteiger partial charge is 0.317 e. The average Bonchev–Trinajstić information content (AvgIpc) is 3.11. The molecule has 4 rings (SSSR count). The predicted molar refractivity (Wildman–Crippen MR) is 116 cm³/mol. The molecule has 2 amide bonds. The lowest BCUT2D eigenvalue weighted by Gasteiger charge is -2.13. The van der Waals surface area contributed by atoms with Crippen molar-refractivity contribution in [3.63, 3.8) is 0 Å². The SMILES string of the molecule is C=CCN1C(=O)S/C(=C/c2cc(C)n(-c3cccc4ccccc34)c2C)C1=O. The van der Waals surface area contributed by atoms with Crippen molar-refractivity contribution in [2.45, 2.75) is 13.8 Å². The number of carbonyl (C=O) groups excluding carboxylic acids is 2. The molecule has 5 heteroatoms. The Balaban J connectivity index is 1.80. The molecule has 0 bridgehead atoms. The highest BCUT2D eigenvalue weighted by Gasteiger charge is 2.34. The lowest BCUT2D eigenvalue weighted by molar-refractivity contribution is -0.122. The van der Waals surface area contributed by atoms with Crippen molar-refractivity contribution in [2.75, 3.05) is 6.54 Å². The van der Waals surface area contributed by atoms with Crippen LogP contribution in [0, 0.1) is 13.8 Å². The molecule has 1 aromatic heterocycles. The zero-order valence-corrected chi connectivity index (χ0v) is 16.6. The van der Waals surface area contributed by atoms with Gasteiger partial charge < -0.3 is 4.57 Å². The highest BCUT2D eigenvalue weighted by atomic mass is 32.2. The Labute approximate surface area is 168 Å². The maximum Gasteiger partial charge on any atom is 0.293 e. The number of benzene rings is 2. The molecule has 4 nitrogen and oxygen atoms in total. The van der Waals surface area contributed by atoms with Gasteiger partial charge in [-0.3, -0.25) is 14.5 Å². The monoisotopic (exact) mass is 388 g/mol. The molecule has 140 valence electrons. The number of amides is 2. The third-order valence-corrected chi connectivity index (χ3v) is 5.86. The zero-order chi connectivity index (χ0) is 19.8. The number of nitrogens with zero attached hydrogens (tertiary/aromatic N) is 2. The van der Waals surface area contributed by atoms with Crippen molar-refractivity contribution >= 4 is 39.8 Å². The van der Waals surface area contributed by atoms with Crippen LogP contribution in [0.2, 0.25) is 0 Å². The molecule has 0 atom stereocenters. The summed E-state index contributed by atoms with van der Waals surface area (Å²) in [7, 11) is 0. The highest BCUT2D eigenvalue weighted by molar-refractivity contribution is 8.18. The van der Waals surface area contributed by atoms with Crippen molar-refractivity contribution in [2.24, 2.45) is 0 Å². The van der Waals surface area contributed by atoms with Gasteiger partial charge in [0, 0.05) is 23.3 Å². The van der Waals surface area contributed by atoms with Gasteiger partial charge in [-0.15, -0.1) is 6.58 Å². The van der Waals surface area contributed by atoms with Crippen LogP contribution in [0.1, 0.15) is 17.0 Å². The van der Waals surface area contributed by atoms with E-state index in [2.05, 4.69) is 54.5 Å². The van der Waals surface area contributed by atoms with Gasteiger partial charge in [-0.2, -0.15) is 0 Å². The maximum absolute atomic E-state index is 12.5. The minimum Gasteiger partial charge on any atom is -0.317 e. The summed E-state index contributed by atoms with van der Waals surface area (Å²) >= 11 is 0.980. The summed E-state index contributed by atoms with van der Waals surface area (Å²) in [5, 5.41) is 2.10. The van der Waals surface area contributed by atoms with Crippen LogP contribution in [0.15, 0.2) is 66.1 Å². The van der Waals surface area contributed by atoms with E-state index in [1.54, 1.807) is 6.08 Å². The number of rotatable bonds is 4. The van der Waals surface area contributed by atoms with Gasteiger partial charge in [0.15, 0.2) is 0 Å². The van der Waals surface area contributed by atoms with Crippen LogP contribution in [0.4, 0.5) is 4.79 Å². The molecule has 0 saturated carbocycles. The van der Waals surface area contributed by atoms with Crippen LogP contribution in [0.5, 0.6) is 0 Å². The summed E-state index contributed by atoms with van der Waals surface area (Å²) in [5.74, 6) is -0.259. The van der Waals surface area contributed by atoms with Gasteiger partial charge in [-0.1, -0.05) is 42.5 Å². The standard InChI is InChI=1S/C23H20N2O2S/c1-4-12-24-22(26)21(28-23(24)27)14-18-13-15(2)25(16(18)3)20-11-7-9-17-8-5-6-10-19(17)20/h4-11,13-14H,1,12H2,2-3H3/b21-14+. The van der Waals surface area contributed by atoms with Crippen LogP contribution in [-0.2, 0) is 4.79 Å². The zero-order valence-electron chi connectivity index (χ0n) is 15.8. The number of thioether (sulfide) groups is 1. The third-order valence-electron chi connectivity index (χ3n) is 4.95. The summed E-state index contributed by atoms with van der Waals surface area (Å²) in [6.45, 7) is 7.93. The molecule has 2 heterocycles. The van der Waals surface area contributed by atoms with Crippen molar-refractivity contribution in [1.82, 2.24) is 9.47 Å². The normalized spacial score (nSPS) is 15.8. The van der Waals surface area contributed by atoms with Crippen LogP contribution in [-0.4, -0.2) is 27.2 Å². The Hall–Kier alpha value is -3.05. The van der Waals surface area contributed by atoms with E-state index in [1.807, 2.05) is 25.1 Å². The molecule has 0 spiro atoms. The van der Waals surface area contributed by atoms with Crippen LogP contribution in [0.25, 0.3) is 22.5 Å². The number of aryl methyl sites for hydroxylation is 1. The van der Waals surface area contributed by atoms with Gasteiger partial charge in [-0.05, 0) is 54.8 Å². The Morgan fingerprint density at radius 2 is 1.82 bits per heavy atom. The van der Waals surface area contributed by atoms with E-state index in [-0.39, 0.29) is 17.7 Å². The lowest BCUT2D eigenvalue weighted by atomic mass is 10.1. The number of carbonyl (C=O) groups is 2. The smallest absolute Gasteiger partial charge is 0.293 e. The summed E-state index contributed by atoms with van der Waals surface area (Å²) in [6.07, 6.45) is 3.38. The number of fused-ring (bicyclic) bond motifs is 1. The van der Waals surface area contributed by atoms with Gasteiger partial charge in [0.25, 0.3) is 11.1 Å². The Morgan fingerprint density at radius 1 is 1.07 bits per heavy atom. The molecule has 1 saturated heterocycles. The number of hydrogen-bond donors (Lipinski definition) is 0. The van der Waals surface area contributed by atoms with E-state index in [0.29, 0.717) is 4.91 Å². The Morgan fingerprint density at radius 3 is 2.61 bits per heavy atom. The molecule has 28 heavy (non-hydrogen) atoms. The first-order chi connectivity index (χ1) is 13.5. The number of aromatic nitrogens is 1. The van der Waals surface area contributed by atoms with E-state index in [0.717, 1.165) is 34.4 Å². The topological polar surface area (TPSA) is 42.3 Å². The summed E-state index contributed by atoms with van der Waals surface area (Å²) in [4.78, 5) is 26.3. The minimum atomic E-state index is -0.259. The summed E-state index contributed by atoms with van der Waals surface area (Å²) in [6, 6.07) is 16.6. The molecule has 2 aromatic carbocycles. The average molecular weight is 388 g/mol. The van der Waals surface area contributed by atoms with E-state index in [1.165, 1.54) is 15.7 Å². The fourth-order valence-electron chi connectivity index (χ4n) is 3.64. The first-order valence-corrected chi connectivity index (χ1v) is 9.86. The van der Waals surface area contributed by atoms with Crippen molar-refractivity contribution in [1.29, 1.82) is 0 Å². The molecule has 0 aliphatic carbocycles. The van der Waals surface area contributed by atoms with Gasteiger partial charge in [0.05, 0.1) is 10.6 Å². The first kappa shape index (κ1) is 18.3. The number of imide groups is 1. The minimum absolute atomic E-state index is 0.233. The van der Waals surface area contributed by atoms with Crippen molar-refractivity contribution in [3.05, 3.63) is 83.0 Å². The fraction of sp³-hybridized carbons (Fsp3) is 0.130. The van der Waals surface area contributed by atoms with E-state index < -0.39 is 0 Å². The first-order valence-electron chi connectivity index (χ1n) is 9.04. The molecule has 0 N–H and O–H groups in total. The molecular weight excluding hydrogens is 368 g/mol. The van der Waals surface area contributed by atoms with Crippen molar-refractivity contribution < 1.29 is 9.59 Å². The molecule has 1 aliphatic heterocycles. The number of hydrogen-bond acceptors (Lipinski definition) is 3. The van der Waals surface area contributed by atoms with Crippen molar-refractivity contribution in [3.8, 4) is 5.69 Å². The van der Waals surface area contributed by atoms with E-state index >= 15 is 0 Å². The third kappa shape index (κ3) is 2.98. The maximum atomic E-state index is 12.5. The van der Waals surface area contributed by atoms with Gasteiger partial charge >= 0.3 is 0 Å². The fourth-order valence-corrected chi connectivity index (χ4v) is 4.47. The molecule has 1 aliphatic rings. The predicted octanol–water partition coefficient (Wildman–Crippen LogP) is 5.47. The second kappa shape index (κ2) is 7.17. The molecule has 0 unspecified atom stereocenters. The Bertz CT molecular complexity index is 1150. The summed E-state index contributed by atoms with van der Waals surface area (Å²) < 4.78 is 2.20. The second-order valence-corrected chi connectivity index (χ2v) is 7.73.